The van der Waals surface area contributed by atoms with Crippen molar-refractivity contribution >= 4 is 26.5 Å². The minimum Gasteiger partial charge on any atom is -0.345 e. The van der Waals surface area contributed by atoms with E-state index in [1.54, 1.807) is 18.3 Å². The van der Waals surface area contributed by atoms with Crippen molar-refractivity contribution in [2.45, 2.75) is 32.1 Å². The van der Waals surface area contributed by atoms with Gasteiger partial charge in [-0.2, -0.15) is 4.31 Å². The molecule has 5 nitrogen and oxygen atoms in total. The number of piperazine rings is 1. The molecule has 31 heavy (non-hydrogen) atoms. The number of nitrogens with zero attached hydrogens (tertiary/aromatic N) is 3. The summed E-state index contributed by atoms with van der Waals surface area (Å²) in [6.45, 7) is 7.72. The molecule has 1 aliphatic rings. The molecular weight excluding hydrogens is 433 g/mol. The standard InChI is InChI=1S/C23H26FN3O2S2/c1-16-4-5-17(2)19(12-16)13-21-15-30-23(25-21)26-8-10-27(11-9-26)31(28,29)22-14-20(24)7-6-18(22)3/h4-7,12,14-15H,8-11,13H2,1-3H3. The van der Waals surface area contributed by atoms with Crippen LogP contribution in [0.15, 0.2) is 46.7 Å². The predicted octanol–water partition coefficient (Wildman–Crippen LogP) is 4.31. The van der Waals surface area contributed by atoms with Gasteiger partial charge in [-0.05, 0) is 49.6 Å². The number of halogens is 1. The van der Waals surface area contributed by atoms with Gasteiger partial charge >= 0.3 is 0 Å². The average molecular weight is 460 g/mol. The van der Waals surface area contributed by atoms with Crippen LogP contribution in [0.1, 0.15) is 27.9 Å². The van der Waals surface area contributed by atoms with Crippen molar-refractivity contribution in [1.82, 2.24) is 9.29 Å². The highest BCUT2D eigenvalue weighted by molar-refractivity contribution is 7.89. The van der Waals surface area contributed by atoms with Crippen LogP contribution in [0.4, 0.5) is 9.52 Å². The molecule has 8 heteroatoms. The second-order valence-electron chi connectivity index (χ2n) is 8.03. The summed E-state index contributed by atoms with van der Waals surface area (Å²) >= 11 is 1.59. The minimum absolute atomic E-state index is 0.0472. The van der Waals surface area contributed by atoms with E-state index >= 15 is 0 Å². The van der Waals surface area contributed by atoms with Gasteiger partial charge in [-0.1, -0.05) is 29.8 Å². The lowest BCUT2D eigenvalue weighted by molar-refractivity contribution is 0.384. The number of hydrogen-bond acceptors (Lipinski definition) is 5. The first kappa shape index (κ1) is 21.9. The second kappa shape index (κ2) is 8.68. The van der Waals surface area contributed by atoms with E-state index in [0.717, 1.165) is 23.3 Å². The van der Waals surface area contributed by atoms with E-state index < -0.39 is 15.8 Å². The quantitative estimate of drug-likeness (QED) is 0.571. The first-order chi connectivity index (χ1) is 14.7. The summed E-state index contributed by atoms with van der Waals surface area (Å²) in [5.74, 6) is -0.540. The lowest BCUT2D eigenvalue weighted by Gasteiger charge is -2.34. The van der Waals surface area contributed by atoms with E-state index in [1.165, 1.54) is 33.1 Å². The number of benzene rings is 2. The number of aryl methyl sites for hydroxylation is 3. The number of rotatable bonds is 5. The van der Waals surface area contributed by atoms with E-state index in [0.29, 0.717) is 31.7 Å². The number of aromatic nitrogens is 1. The minimum atomic E-state index is -3.72. The van der Waals surface area contributed by atoms with Gasteiger partial charge in [-0.25, -0.2) is 17.8 Å². The third-order valence-electron chi connectivity index (χ3n) is 5.69. The molecule has 0 radical (unpaired) electrons. The summed E-state index contributed by atoms with van der Waals surface area (Å²) in [4.78, 5) is 6.97. The van der Waals surface area contributed by atoms with Crippen LogP contribution in [0.2, 0.25) is 0 Å². The van der Waals surface area contributed by atoms with Gasteiger partial charge in [-0.15, -0.1) is 11.3 Å². The molecule has 0 amide bonds. The predicted molar refractivity (Wildman–Crippen MR) is 123 cm³/mol. The smallest absolute Gasteiger partial charge is 0.243 e. The van der Waals surface area contributed by atoms with E-state index in [4.69, 9.17) is 4.98 Å². The normalized spacial score (nSPS) is 15.4. The van der Waals surface area contributed by atoms with Crippen molar-refractivity contribution in [2.24, 2.45) is 0 Å². The lowest BCUT2D eigenvalue weighted by atomic mass is 10.0. The molecule has 0 bridgehead atoms. The molecule has 1 aromatic heterocycles. The Morgan fingerprint density at radius 1 is 1.00 bits per heavy atom. The number of hydrogen-bond donors (Lipinski definition) is 0. The number of sulfonamides is 1. The zero-order valence-electron chi connectivity index (χ0n) is 17.9. The molecule has 0 N–H and O–H groups in total. The van der Waals surface area contributed by atoms with Gasteiger partial charge in [0.05, 0.1) is 10.6 Å². The van der Waals surface area contributed by atoms with Crippen LogP contribution < -0.4 is 4.90 Å². The van der Waals surface area contributed by atoms with Crippen molar-refractivity contribution in [2.75, 3.05) is 31.1 Å². The fourth-order valence-electron chi connectivity index (χ4n) is 3.82. The Labute approximate surface area is 187 Å². The fourth-order valence-corrected chi connectivity index (χ4v) is 6.36. The molecule has 4 rings (SSSR count). The molecule has 0 aliphatic carbocycles. The third kappa shape index (κ3) is 4.66. The largest absolute Gasteiger partial charge is 0.345 e. The maximum absolute atomic E-state index is 13.6. The van der Waals surface area contributed by atoms with Crippen LogP contribution in [0, 0.1) is 26.6 Å². The van der Waals surface area contributed by atoms with Crippen molar-refractivity contribution in [3.05, 3.63) is 75.5 Å². The SMILES string of the molecule is Cc1ccc(C)c(Cc2csc(N3CCN(S(=O)(=O)c4cc(F)ccc4C)CC3)n2)c1. The first-order valence-corrected chi connectivity index (χ1v) is 12.6. The second-order valence-corrected chi connectivity index (χ2v) is 10.8. The topological polar surface area (TPSA) is 53.5 Å². The molecule has 1 saturated heterocycles. The molecule has 2 aromatic carbocycles. The Balaban J connectivity index is 1.43. The van der Waals surface area contributed by atoms with E-state index in [1.807, 2.05) is 0 Å². The summed E-state index contributed by atoms with van der Waals surface area (Å²) in [5.41, 5.74) is 5.35. The molecule has 164 valence electrons. The van der Waals surface area contributed by atoms with Gasteiger partial charge in [0.2, 0.25) is 10.0 Å². The monoisotopic (exact) mass is 459 g/mol. The Kier molecular flexibility index (Phi) is 6.14. The fraction of sp³-hybridized carbons (Fsp3) is 0.348. The highest BCUT2D eigenvalue weighted by Gasteiger charge is 2.30. The van der Waals surface area contributed by atoms with Gasteiger partial charge in [0.25, 0.3) is 0 Å². The molecule has 2 heterocycles. The van der Waals surface area contributed by atoms with E-state index in [-0.39, 0.29) is 4.90 Å². The third-order valence-corrected chi connectivity index (χ3v) is 8.68. The Morgan fingerprint density at radius 3 is 2.45 bits per heavy atom. The highest BCUT2D eigenvalue weighted by atomic mass is 32.2. The van der Waals surface area contributed by atoms with Crippen LogP contribution in [-0.2, 0) is 16.4 Å². The van der Waals surface area contributed by atoms with Crippen LogP contribution >= 0.6 is 11.3 Å². The Morgan fingerprint density at radius 2 is 1.71 bits per heavy atom. The van der Waals surface area contributed by atoms with Crippen molar-refractivity contribution in [1.29, 1.82) is 0 Å². The van der Waals surface area contributed by atoms with Gasteiger partial charge in [0.1, 0.15) is 5.82 Å². The summed E-state index contributed by atoms with van der Waals surface area (Å²) in [7, 11) is -3.72. The van der Waals surface area contributed by atoms with Crippen molar-refractivity contribution < 1.29 is 12.8 Å². The van der Waals surface area contributed by atoms with Gasteiger partial charge in [0, 0.05) is 38.0 Å². The van der Waals surface area contributed by atoms with Crippen molar-refractivity contribution in [3.63, 3.8) is 0 Å². The van der Waals surface area contributed by atoms with Gasteiger partial charge in [0.15, 0.2) is 5.13 Å². The molecule has 0 atom stereocenters. The molecule has 1 aliphatic heterocycles. The summed E-state index contributed by atoms with van der Waals surface area (Å²) < 4.78 is 41.1. The Bertz CT molecular complexity index is 1200. The van der Waals surface area contributed by atoms with Gasteiger partial charge < -0.3 is 4.90 Å². The maximum atomic E-state index is 13.6. The van der Waals surface area contributed by atoms with E-state index in [2.05, 4.69) is 42.3 Å². The highest BCUT2D eigenvalue weighted by Crippen LogP contribution is 2.27. The zero-order valence-corrected chi connectivity index (χ0v) is 19.6. The summed E-state index contributed by atoms with van der Waals surface area (Å²) in [6.07, 6.45) is 0.789. The van der Waals surface area contributed by atoms with E-state index in [9.17, 15) is 12.8 Å². The Hall–Kier alpha value is -2.29. The number of thiazole rings is 1. The zero-order chi connectivity index (χ0) is 22.2. The van der Waals surface area contributed by atoms with Crippen molar-refractivity contribution in [3.8, 4) is 0 Å². The van der Waals surface area contributed by atoms with Crippen LogP contribution in [0.5, 0.6) is 0 Å². The molecule has 1 fully saturated rings. The number of anilines is 1. The molecule has 0 saturated carbocycles. The lowest BCUT2D eigenvalue weighted by Crippen LogP contribution is -2.48. The average Bonchev–Trinajstić information content (AvgIpc) is 3.21. The summed E-state index contributed by atoms with van der Waals surface area (Å²) in [5, 5.41) is 3.00. The van der Waals surface area contributed by atoms with Crippen LogP contribution in [0.25, 0.3) is 0 Å². The maximum Gasteiger partial charge on any atom is 0.243 e. The summed E-state index contributed by atoms with van der Waals surface area (Å²) in [6, 6.07) is 10.3. The van der Waals surface area contributed by atoms with Gasteiger partial charge in [-0.3, -0.25) is 0 Å². The van der Waals surface area contributed by atoms with Crippen LogP contribution in [-0.4, -0.2) is 43.9 Å². The first-order valence-electron chi connectivity index (χ1n) is 10.3. The molecular formula is C23H26FN3O2S2. The van der Waals surface area contributed by atoms with Crippen LogP contribution in [0.3, 0.4) is 0 Å². The molecule has 0 unspecified atom stereocenters. The molecule has 3 aromatic rings. The molecule has 0 spiro atoms.